The maximum atomic E-state index is 6.21. The van der Waals surface area contributed by atoms with Crippen molar-refractivity contribution in [2.24, 2.45) is 0 Å². The average molecular weight is 370 g/mol. The summed E-state index contributed by atoms with van der Waals surface area (Å²) in [5.41, 5.74) is 2.79. The lowest BCUT2D eigenvalue weighted by Crippen LogP contribution is -2.06. The van der Waals surface area contributed by atoms with Gasteiger partial charge in [0.15, 0.2) is 0 Å². The molecule has 7 heteroatoms. The number of fused-ring (bicyclic) bond motifs is 1. The van der Waals surface area contributed by atoms with Crippen LogP contribution in [0.15, 0.2) is 61.1 Å². The van der Waals surface area contributed by atoms with Crippen LogP contribution >= 0.6 is 23.2 Å². The van der Waals surface area contributed by atoms with Gasteiger partial charge < -0.3 is 5.32 Å². The number of hydrogen-bond donors (Lipinski definition) is 1. The molecule has 2 aromatic heterocycles. The van der Waals surface area contributed by atoms with Crippen LogP contribution in [-0.2, 0) is 6.54 Å². The lowest BCUT2D eigenvalue weighted by atomic mass is 10.2. The molecule has 0 spiro atoms. The summed E-state index contributed by atoms with van der Waals surface area (Å²) in [4.78, 5) is 13.2. The Morgan fingerprint density at radius 3 is 2.76 bits per heavy atom. The van der Waals surface area contributed by atoms with Crippen molar-refractivity contribution in [3.63, 3.8) is 0 Å². The molecule has 0 aliphatic rings. The van der Waals surface area contributed by atoms with E-state index in [1.165, 1.54) is 0 Å². The Kier molecular flexibility index (Phi) is 4.26. The summed E-state index contributed by atoms with van der Waals surface area (Å²) in [6.45, 7) is 0.480. The Morgan fingerprint density at radius 2 is 1.84 bits per heavy atom. The lowest BCUT2D eigenvalue weighted by Gasteiger charge is -2.09. The number of nitrogens with zero attached hydrogens (tertiary/aromatic N) is 4. The third-order valence-corrected chi connectivity index (χ3v) is 4.67. The fourth-order valence-corrected chi connectivity index (χ4v) is 2.96. The van der Waals surface area contributed by atoms with Gasteiger partial charge in [0.2, 0.25) is 5.95 Å². The topological polar surface area (TPSA) is 55.6 Å². The Morgan fingerprint density at radius 1 is 0.960 bits per heavy atom. The fourth-order valence-electron chi connectivity index (χ4n) is 2.57. The van der Waals surface area contributed by atoms with Crippen molar-refractivity contribution in [3.05, 3.63) is 76.7 Å². The molecule has 0 saturated heterocycles. The molecule has 0 bridgehead atoms. The van der Waals surface area contributed by atoms with Gasteiger partial charge in [0.25, 0.3) is 0 Å². The molecule has 0 aliphatic carbocycles. The molecule has 1 N–H and O–H groups in total. The smallest absolute Gasteiger partial charge is 0.224 e. The zero-order valence-electron chi connectivity index (χ0n) is 13.0. The van der Waals surface area contributed by atoms with Crippen LogP contribution in [-0.4, -0.2) is 19.5 Å². The zero-order valence-corrected chi connectivity index (χ0v) is 14.5. The second-order valence-electron chi connectivity index (χ2n) is 5.41. The third kappa shape index (κ3) is 3.16. The van der Waals surface area contributed by atoms with Crippen molar-refractivity contribution in [1.29, 1.82) is 0 Å². The minimum atomic E-state index is 0.480. The summed E-state index contributed by atoms with van der Waals surface area (Å²) < 4.78 is 1.93. The molecule has 4 rings (SSSR count). The van der Waals surface area contributed by atoms with Crippen molar-refractivity contribution >= 4 is 40.2 Å². The van der Waals surface area contributed by atoms with Gasteiger partial charge in [-0.25, -0.2) is 9.97 Å². The van der Waals surface area contributed by atoms with Crippen LogP contribution in [0.3, 0.4) is 0 Å². The second kappa shape index (κ2) is 6.70. The van der Waals surface area contributed by atoms with E-state index in [-0.39, 0.29) is 0 Å². The van der Waals surface area contributed by atoms with Crippen LogP contribution in [0.1, 0.15) is 5.56 Å². The number of nitrogens with one attached hydrogen (secondary N) is 1. The van der Waals surface area contributed by atoms with Crippen LogP contribution in [0.4, 0.5) is 5.95 Å². The summed E-state index contributed by atoms with van der Waals surface area (Å²) in [5.74, 6) is 1.25. The molecule has 124 valence electrons. The molecule has 25 heavy (non-hydrogen) atoms. The van der Waals surface area contributed by atoms with Gasteiger partial charge in [-0.2, -0.15) is 4.98 Å². The van der Waals surface area contributed by atoms with E-state index >= 15 is 0 Å². The summed E-state index contributed by atoms with van der Waals surface area (Å²) in [5, 5.41) is 4.24. The predicted octanol–water partition coefficient (Wildman–Crippen LogP) is 4.73. The molecule has 0 unspecified atom stereocenters. The molecule has 4 aromatic rings. The van der Waals surface area contributed by atoms with Gasteiger partial charge in [0.05, 0.1) is 21.1 Å². The Bertz CT molecular complexity index is 1040. The van der Waals surface area contributed by atoms with Gasteiger partial charge in [-0.1, -0.05) is 47.5 Å². The maximum Gasteiger partial charge on any atom is 0.224 e. The number of halogens is 2. The van der Waals surface area contributed by atoms with Crippen LogP contribution in [0.25, 0.3) is 16.9 Å². The summed E-state index contributed by atoms with van der Waals surface area (Å²) in [6, 6.07) is 15.3. The fraction of sp³-hybridized carbons (Fsp3) is 0.0556. The molecule has 2 heterocycles. The molecule has 0 saturated carbocycles. The van der Waals surface area contributed by atoms with E-state index in [0.29, 0.717) is 22.5 Å². The predicted molar refractivity (Wildman–Crippen MR) is 100 cm³/mol. The van der Waals surface area contributed by atoms with Crippen molar-refractivity contribution in [1.82, 2.24) is 19.5 Å². The summed E-state index contributed by atoms with van der Waals surface area (Å²) in [6.07, 6.45) is 3.46. The van der Waals surface area contributed by atoms with Gasteiger partial charge in [0.1, 0.15) is 12.1 Å². The highest BCUT2D eigenvalue weighted by atomic mass is 35.5. The first-order chi connectivity index (χ1) is 12.2. The van der Waals surface area contributed by atoms with Gasteiger partial charge in [-0.3, -0.25) is 4.57 Å². The van der Waals surface area contributed by atoms with Gasteiger partial charge >= 0.3 is 0 Å². The first-order valence-electron chi connectivity index (χ1n) is 7.64. The number of imidazole rings is 1. The third-order valence-electron chi connectivity index (χ3n) is 3.81. The van der Waals surface area contributed by atoms with Crippen LogP contribution in [0, 0.1) is 0 Å². The molecule has 5 nitrogen and oxygen atoms in total. The van der Waals surface area contributed by atoms with Crippen LogP contribution < -0.4 is 5.32 Å². The highest BCUT2D eigenvalue weighted by Crippen LogP contribution is 2.26. The molecule has 0 radical (unpaired) electrons. The van der Waals surface area contributed by atoms with Gasteiger partial charge in [-0.05, 0) is 29.8 Å². The minimum absolute atomic E-state index is 0.480. The van der Waals surface area contributed by atoms with E-state index in [1.54, 1.807) is 18.6 Å². The molecule has 0 aliphatic heterocycles. The van der Waals surface area contributed by atoms with E-state index in [9.17, 15) is 0 Å². The Balaban J connectivity index is 1.60. The zero-order chi connectivity index (χ0) is 17.2. The molecule has 0 atom stereocenters. The van der Waals surface area contributed by atoms with Gasteiger partial charge in [-0.15, -0.1) is 0 Å². The minimum Gasteiger partial charge on any atom is -0.350 e. The summed E-state index contributed by atoms with van der Waals surface area (Å²) >= 11 is 12.3. The Labute approximate surface area is 154 Å². The monoisotopic (exact) mass is 369 g/mol. The van der Waals surface area contributed by atoms with Crippen molar-refractivity contribution in [3.8, 4) is 5.82 Å². The first-order valence-corrected chi connectivity index (χ1v) is 8.40. The van der Waals surface area contributed by atoms with E-state index in [1.807, 2.05) is 47.0 Å². The van der Waals surface area contributed by atoms with E-state index < -0.39 is 0 Å². The molecule has 0 amide bonds. The standard InChI is InChI=1S/C18H13Cl2N5/c19-13-5-3-4-12(17(13)20)10-22-18-21-9-8-16(24-18)25-11-23-14-6-1-2-7-15(14)25/h1-9,11H,10H2,(H,21,22,24). The molecule has 0 fully saturated rings. The number of rotatable bonds is 4. The number of para-hydroxylation sites is 2. The highest BCUT2D eigenvalue weighted by molar-refractivity contribution is 6.42. The van der Waals surface area contributed by atoms with Gasteiger partial charge in [0, 0.05) is 12.7 Å². The van der Waals surface area contributed by atoms with E-state index in [2.05, 4.69) is 20.3 Å². The number of aromatic nitrogens is 4. The number of anilines is 1. The van der Waals surface area contributed by atoms with Crippen molar-refractivity contribution < 1.29 is 0 Å². The van der Waals surface area contributed by atoms with E-state index in [4.69, 9.17) is 23.2 Å². The highest BCUT2D eigenvalue weighted by Gasteiger charge is 2.08. The quantitative estimate of drug-likeness (QED) is 0.564. The normalized spacial score (nSPS) is 11.0. The van der Waals surface area contributed by atoms with Crippen molar-refractivity contribution in [2.75, 3.05) is 5.32 Å². The largest absolute Gasteiger partial charge is 0.350 e. The summed E-state index contributed by atoms with van der Waals surface area (Å²) in [7, 11) is 0. The number of benzene rings is 2. The van der Waals surface area contributed by atoms with Crippen LogP contribution in [0.2, 0.25) is 10.0 Å². The molecular formula is C18H13Cl2N5. The first kappa shape index (κ1) is 15.9. The SMILES string of the molecule is Clc1cccc(CNc2nccc(-n3cnc4ccccc43)n2)c1Cl. The maximum absolute atomic E-state index is 6.21. The average Bonchev–Trinajstić information content (AvgIpc) is 3.07. The number of hydrogen-bond acceptors (Lipinski definition) is 4. The molecule has 2 aromatic carbocycles. The second-order valence-corrected chi connectivity index (χ2v) is 6.19. The van der Waals surface area contributed by atoms with Crippen molar-refractivity contribution in [2.45, 2.75) is 6.54 Å². The Hall–Kier alpha value is -2.63. The molecular weight excluding hydrogens is 357 g/mol. The lowest BCUT2D eigenvalue weighted by molar-refractivity contribution is 0.976. The van der Waals surface area contributed by atoms with Crippen LogP contribution in [0.5, 0.6) is 0 Å². The van der Waals surface area contributed by atoms with E-state index in [0.717, 1.165) is 22.4 Å².